The summed E-state index contributed by atoms with van der Waals surface area (Å²) in [5, 5.41) is 6.53. The lowest BCUT2D eigenvalue weighted by Crippen LogP contribution is -2.08. The van der Waals surface area contributed by atoms with Crippen LogP contribution in [0.25, 0.3) is 0 Å². The molecule has 0 unspecified atom stereocenters. The lowest BCUT2D eigenvalue weighted by molar-refractivity contribution is 0.379. The summed E-state index contributed by atoms with van der Waals surface area (Å²) in [7, 11) is 0. The summed E-state index contributed by atoms with van der Waals surface area (Å²) in [6.07, 6.45) is 3.19. The van der Waals surface area contributed by atoms with E-state index in [2.05, 4.69) is 20.4 Å². The number of nitrogens with zero attached hydrogens (tertiary/aromatic N) is 3. The Hall–Kier alpha value is -1.69. The third-order valence-electron chi connectivity index (χ3n) is 1.85. The molecule has 0 aliphatic rings. The summed E-state index contributed by atoms with van der Waals surface area (Å²) in [5.74, 6) is 0.156. The van der Waals surface area contributed by atoms with Gasteiger partial charge in [0.25, 0.3) is 0 Å². The van der Waals surface area contributed by atoms with Gasteiger partial charge in [-0.3, -0.25) is 0 Å². The van der Waals surface area contributed by atoms with E-state index in [0.29, 0.717) is 18.9 Å². The fourth-order valence-corrected chi connectivity index (χ4v) is 1.28. The number of halogens is 2. The summed E-state index contributed by atoms with van der Waals surface area (Å²) in [5.41, 5.74) is 0. The zero-order chi connectivity index (χ0) is 11.4. The molecule has 2 aromatic rings. The molecule has 7 heteroatoms. The molecule has 84 valence electrons. The zero-order valence-corrected chi connectivity index (χ0v) is 8.91. The molecule has 0 aromatic carbocycles. The first-order valence-corrected chi connectivity index (χ1v) is 4.94. The van der Waals surface area contributed by atoms with Crippen LogP contribution in [0.3, 0.4) is 0 Å². The van der Waals surface area contributed by atoms with Gasteiger partial charge in [0.2, 0.25) is 5.89 Å². The van der Waals surface area contributed by atoms with Crippen molar-refractivity contribution in [2.75, 3.05) is 11.9 Å². The molecule has 0 aliphatic heterocycles. The van der Waals surface area contributed by atoms with Gasteiger partial charge in [-0.1, -0.05) is 16.8 Å². The molecule has 0 aliphatic carbocycles. The largest absolute Gasteiger partial charge is 0.367 e. The maximum Gasteiger partial charge on any atom is 0.228 e. The molecule has 0 amide bonds. The normalized spacial score (nSPS) is 10.4. The molecule has 0 saturated heterocycles. The molecule has 5 nitrogen and oxygen atoms in total. The minimum absolute atomic E-state index is 0.156. The highest BCUT2D eigenvalue weighted by Crippen LogP contribution is 2.15. The van der Waals surface area contributed by atoms with Crippen LogP contribution in [0.4, 0.5) is 10.2 Å². The second-order valence-electron chi connectivity index (χ2n) is 3.00. The minimum atomic E-state index is -0.488. The van der Waals surface area contributed by atoms with Crippen molar-refractivity contribution in [3.8, 4) is 0 Å². The topological polar surface area (TPSA) is 63.8 Å². The molecule has 1 N–H and O–H groups in total. The van der Waals surface area contributed by atoms with Crippen LogP contribution in [0.15, 0.2) is 23.1 Å². The predicted octanol–water partition coefficient (Wildman–Crippen LogP) is 1.91. The molecule has 0 spiro atoms. The maximum absolute atomic E-state index is 13.3. The Morgan fingerprint density at radius 2 is 2.31 bits per heavy atom. The van der Waals surface area contributed by atoms with E-state index >= 15 is 0 Å². The smallest absolute Gasteiger partial charge is 0.228 e. The number of aromatic nitrogens is 3. The molecule has 16 heavy (non-hydrogen) atoms. The van der Waals surface area contributed by atoms with Gasteiger partial charge in [-0.25, -0.2) is 9.37 Å². The molecule has 2 aromatic heterocycles. The van der Waals surface area contributed by atoms with Gasteiger partial charge in [0.05, 0.1) is 5.02 Å². The number of pyridine rings is 1. The Kier molecular flexibility index (Phi) is 3.31. The van der Waals surface area contributed by atoms with Crippen molar-refractivity contribution >= 4 is 17.4 Å². The Balaban J connectivity index is 1.90. The molecular weight excluding hydrogens is 235 g/mol. The summed E-state index contributed by atoms with van der Waals surface area (Å²) in [4.78, 5) is 7.64. The van der Waals surface area contributed by atoms with Crippen LogP contribution in [0.5, 0.6) is 0 Å². The molecule has 2 heterocycles. The van der Waals surface area contributed by atoms with E-state index in [9.17, 15) is 4.39 Å². The fourth-order valence-electron chi connectivity index (χ4n) is 1.14. The van der Waals surface area contributed by atoms with E-state index in [1.54, 1.807) is 0 Å². The predicted molar refractivity (Wildman–Crippen MR) is 55.7 cm³/mol. The second kappa shape index (κ2) is 4.89. The summed E-state index contributed by atoms with van der Waals surface area (Å²) in [6, 6.07) is 1.20. The van der Waals surface area contributed by atoms with Gasteiger partial charge in [-0.05, 0) is 6.07 Å². The van der Waals surface area contributed by atoms with Crippen LogP contribution in [0.2, 0.25) is 5.02 Å². The number of anilines is 1. The van der Waals surface area contributed by atoms with Crippen LogP contribution in [0, 0.1) is 5.82 Å². The molecule has 0 radical (unpaired) electrons. The van der Waals surface area contributed by atoms with E-state index < -0.39 is 5.82 Å². The first-order chi connectivity index (χ1) is 7.75. The second-order valence-corrected chi connectivity index (χ2v) is 3.43. The molecule has 0 atom stereocenters. The van der Waals surface area contributed by atoms with Crippen molar-refractivity contribution in [2.24, 2.45) is 0 Å². The highest BCUT2D eigenvalue weighted by molar-refractivity contribution is 6.30. The van der Waals surface area contributed by atoms with Crippen molar-refractivity contribution in [2.45, 2.75) is 6.42 Å². The fraction of sp³-hybridized carbons (Fsp3) is 0.222. The summed E-state index contributed by atoms with van der Waals surface area (Å²) in [6.45, 7) is 0.452. The molecular formula is C9H8ClFN4O. The van der Waals surface area contributed by atoms with E-state index in [4.69, 9.17) is 16.1 Å². The molecule has 2 rings (SSSR count). The minimum Gasteiger partial charge on any atom is -0.367 e. The standard InChI is InChI=1S/C9H8ClFN4O/c10-6-3-7(11)9(13-4-6)12-2-1-8-14-5-15-16-8/h3-5H,1-2H2,(H,12,13). The average molecular weight is 243 g/mol. The van der Waals surface area contributed by atoms with E-state index in [0.717, 1.165) is 0 Å². The van der Waals surface area contributed by atoms with Gasteiger partial charge in [-0.2, -0.15) is 4.98 Å². The Morgan fingerprint density at radius 1 is 1.44 bits per heavy atom. The van der Waals surface area contributed by atoms with E-state index in [-0.39, 0.29) is 10.8 Å². The van der Waals surface area contributed by atoms with Crippen LogP contribution >= 0.6 is 11.6 Å². The molecule has 0 bridgehead atoms. The molecule has 0 fully saturated rings. The third-order valence-corrected chi connectivity index (χ3v) is 2.05. The number of hydrogen-bond acceptors (Lipinski definition) is 5. The number of hydrogen-bond donors (Lipinski definition) is 1. The molecule has 0 saturated carbocycles. The third kappa shape index (κ3) is 2.66. The number of rotatable bonds is 4. The van der Waals surface area contributed by atoms with Gasteiger partial charge in [-0.15, -0.1) is 0 Å². The highest BCUT2D eigenvalue weighted by Gasteiger charge is 2.04. The zero-order valence-electron chi connectivity index (χ0n) is 8.15. The summed E-state index contributed by atoms with van der Waals surface area (Å²) >= 11 is 5.57. The first kappa shape index (κ1) is 10.8. The summed E-state index contributed by atoms with van der Waals surface area (Å²) < 4.78 is 18.0. The lowest BCUT2D eigenvalue weighted by atomic mass is 10.4. The van der Waals surface area contributed by atoms with Crippen LogP contribution < -0.4 is 5.32 Å². The average Bonchev–Trinajstić information content (AvgIpc) is 2.74. The van der Waals surface area contributed by atoms with Gasteiger partial charge >= 0.3 is 0 Å². The Labute approximate surface area is 95.6 Å². The Bertz CT molecular complexity index is 463. The quantitative estimate of drug-likeness (QED) is 0.887. The lowest BCUT2D eigenvalue weighted by Gasteiger charge is -2.04. The van der Waals surface area contributed by atoms with Crippen molar-refractivity contribution in [1.29, 1.82) is 0 Å². The van der Waals surface area contributed by atoms with Crippen molar-refractivity contribution in [3.05, 3.63) is 35.3 Å². The first-order valence-electron chi connectivity index (χ1n) is 4.56. The van der Waals surface area contributed by atoms with Gasteiger partial charge in [0, 0.05) is 19.2 Å². The monoisotopic (exact) mass is 242 g/mol. The van der Waals surface area contributed by atoms with Gasteiger partial charge < -0.3 is 9.84 Å². The van der Waals surface area contributed by atoms with Crippen molar-refractivity contribution < 1.29 is 8.91 Å². The van der Waals surface area contributed by atoms with Gasteiger partial charge in [0.1, 0.15) is 0 Å². The SMILES string of the molecule is Fc1cc(Cl)cnc1NCCc1ncno1. The highest BCUT2D eigenvalue weighted by atomic mass is 35.5. The van der Waals surface area contributed by atoms with Crippen LogP contribution in [-0.4, -0.2) is 21.7 Å². The Morgan fingerprint density at radius 3 is 3.00 bits per heavy atom. The maximum atomic E-state index is 13.3. The van der Waals surface area contributed by atoms with Gasteiger partial charge in [0.15, 0.2) is 18.0 Å². The van der Waals surface area contributed by atoms with Crippen molar-refractivity contribution in [1.82, 2.24) is 15.1 Å². The van der Waals surface area contributed by atoms with Crippen LogP contribution in [0.1, 0.15) is 5.89 Å². The van der Waals surface area contributed by atoms with Crippen molar-refractivity contribution in [3.63, 3.8) is 0 Å². The van der Waals surface area contributed by atoms with Crippen LogP contribution in [-0.2, 0) is 6.42 Å². The van der Waals surface area contributed by atoms with E-state index in [1.165, 1.54) is 18.6 Å². The number of nitrogens with one attached hydrogen (secondary N) is 1. The van der Waals surface area contributed by atoms with E-state index in [1.807, 2.05) is 0 Å².